The molecular formula is C22H28N2O5. The Bertz CT molecular complexity index is 764. The third-order valence-electron chi connectivity index (χ3n) is 5.23. The minimum Gasteiger partial charge on any atom is -0.434 e. The highest BCUT2D eigenvalue weighted by molar-refractivity contribution is 5.94. The Morgan fingerprint density at radius 3 is 2.28 bits per heavy atom. The fraction of sp³-hybridized carbons (Fsp3) is 0.500. The highest BCUT2D eigenvalue weighted by atomic mass is 16.7. The Morgan fingerprint density at radius 1 is 0.931 bits per heavy atom. The van der Waals surface area contributed by atoms with Crippen LogP contribution in [0.15, 0.2) is 35.9 Å². The van der Waals surface area contributed by atoms with E-state index in [2.05, 4.69) is 0 Å². The Kier molecular flexibility index (Phi) is 7.27. The molecule has 7 nitrogen and oxygen atoms in total. The average molecular weight is 400 g/mol. The summed E-state index contributed by atoms with van der Waals surface area (Å²) in [5.41, 5.74) is 1.77. The average Bonchev–Trinajstić information content (AvgIpc) is 3.09. The van der Waals surface area contributed by atoms with Crippen LogP contribution in [0, 0.1) is 0 Å². The van der Waals surface area contributed by atoms with Gasteiger partial charge in [-0.2, -0.15) is 0 Å². The molecule has 0 bridgehead atoms. The van der Waals surface area contributed by atoms with Crippen LogP contribution in [0.3, 0.4) is 0 Å². The highest BCUT2D eigenvalue weighted by Crippen LogP contribution is 2.24. The first kappa shape index (κ1) is 20.9. The van der Waals surface area contributed by atoms with Crippen LogP contribution in [-0.4, -0.2) is 60.6 Å². The first-order valence-electron chi connectivity index (χ1n) is 10.3. The van der Waals surface area contributed by atoms with E-state index in [9.17, 15) is 14.4 Å². The molecule has 1 heterocycles. The molecular weight excluding hydrogens is 372 g/mol. The van der Waals surface area contributed by atoms with Gasteiger partial charge in [-0.1, -0.05) is 5.57 Å². The maximum atomic E-state index is 12.8. The maximum absolute atomic E-state index is 12.8. The van der Waals surface area contributed by atoms with Gasteiger partial charge in [0, 0.05) is 37.8 Å². The molecule has 7 heteroatoms. The van der Waals surface area contributed by atoms with Crippen LogP contribution in [0.2, 0.25) is 0 Å². The van der Waals surface area contributed by atoms with Crippen molar-refractivity contribution < 1.29 is 23.9 Å². The zero-order valence-electron chi connectivity index (χ0n) is 16.9. The molecule has 2 fully saturated rings. The topological polar surface area (TPSA) is 76.2 Å². The van der Waals surface area contributed by atoms with Crippen LogP contribution >= 0.6 is 0 Å². The summed E-state index contributed by atoms with van der Waals surface area (Å²) in [4.78, 5) is 40.3. The number of hydrogen-bond donors (Lipinski definition) is 0. The zero-order chi connectivity index (χ0) is 20.6. The highest BCUT2D eigenvalue weighted by Gasteiger charge is 2.23. The van der Waals surface area contributed by atoms with Gasteiger partial charge in [-0.05, 0) is 63.3 Å². The molecule has 0 aromatic heterocycles. The van der Waals surface area contributed by atoms with Gasteiger partial charge in [0.05, 0.1) is 6.61 Å². The standard InChI is InChI=1S/C22H28N2O5/c1-2-28-22(27)29-19-10-8-18(9-11-19)21(26)24-13-5-12-23(14-15-24)20(25)16-17-6-3-4-7-17/h8-11,16H,2-7,12-15H2,1H3. The molecule has 0 unspecified atom stereocenters. The van der Waals surface area contributed by atoms with Crippen molar-refractivity contribution in [3.05, 3.63) is 41.5 Å². The van der Waals surface area contributed by atoms with E-state index in [4.69, 9.17) is 9.47 Å². The van der Waals surface area contributed by atoms with Gasteiger partial charge in [0.1, 0.15) is 5.75 Å². The second-order valence-electron chi connectivity index (χ2n) is 7.29. The first-order chi connectivity index (χ1) is 14.1. The summed E-state index contributed by atoms with van der Waals surface area (Å²) >= 11 is 0. The molecule has 2 amide bonds. The van der Waals surface area contributed by atoms with E-state index in [0.717, 1.165) is 19.3 Å². The largest absolute Gasteiger partial charge is 0.513 e. The van der Waals surface area contributed by atoms with Crippen LogP contribution in [0.25, 0.3) is 0 Å². The summed E-state index contributed by atoms with van der Waals surface area (Å²) in [5, 5.41) is 0. The molecule has 0 spiro atoms. The minimum absolute atomic E-state index is 0.0664. The van der Waals surface area contributed by atoms with Crippen LogP contribution in [0.1, 0.15) is 49.4 Å². The molecule has 29 heavy (non-hydrogen) atoms. The quantitative estimate of drug-likeness (QED) is 0.440. The van der Waals surface area contributed by atoms with Crippen LogP contribution in [0.5, 0.6) is 5.75 Å². The van der Waals surface area contributed by atoms with Gasteiger partial charge in [-0.15, -0.1) is 0 Å². The van der Waals surface area contributed by atoms with Gasteiger partial charge in [-0.25, -0.2) is 4.79 Å². The van der Waals surface area contributed by atoms with Crippen LogP contribution in [0.4, 0.5) is 4.79 Å². The summed E-state index contributed by atoms with van der Waals surface area (Å²) in [7, 11) is 0. The lowest BCUT2D eigenvalue weighted by molar-refractivity contribution is -0.125. The number of nitrogens with zero attached hydrogens (tertiary/aromatic N) is 2. The number of hydrogen-bond acceptors (Lipinski definition) is 5. The van der Waals surface area contributed by atoms with Crippen molar-refractivity contribution in [3.8, 4) is 5.75 Å². The number of rotatable bonds is 4. The lowest BCUT2D eigenvalue weighted by Gasteiger charge is -2.22. The molecule has 1 aromatic carbocycles. The van der Waals surface area contributed by atoms with Crippen molar-refractivity contribution in [3.63, 3.8) is 0 Å². The molecule has 1 aromatic rings. The molecule has 0 radical (unpaired) electrons. The Hall–Kier alpha value is -2.83. The van der Waals surface area contributed by atoms with Gasteiger partial charge in [0.15, 0.2) is 0 Å². The molecule has 2 aliphatic rings. The van der Waals surface area contributed by atoms with E-state index in [1.54, 1.807) is 42.2 Å². The van der Waals surface area contributed by atoms with Gasteiger partial charge in [0.2, 0.25) is 5.91 Å². The minimum atomic E-state index is -0.767. The van der Waals surface area contributed by atoms with E-state index >= 15 is 0 Å². The van der Waals surface area contributed by atoms with Crippen molar-refractivity contribution in [2.45, 2.75) is 39.0 Å². The zero-order valence-corrected chi connectivity index (χ0v) is 16.9. The number of carbonyl (C=O) groups excluding carboxylic acids is 3. The van der Waals surface area contributed by atoms with Gasteiger partial charge in [-0.3, -0.25) is 9.59 Å². The number of amides is 2. The van der Waals surface area contributed by atoms with E-state index in [1.165, 1.54) is 18.4 Å². The number of carbonyl (C=O) groups is 3. The van der Waals surface area contributed by atoms with Crippen molar-refractivity contribution in [1.82, 2.24) is 9.80 Å². The second kappa shape index (κ2) is 10.1. The molecule has 1 saturated carbocycles. The number of benzene rings is 1. The monoisotopic (exact) mass is 400 g/mol. The van der Waals surface area contributed by atoms with Gasteiger partial charge < -0.3 is 19.3 Å². The smallest absolute Gasteiger partial charge is 0.434 e. The Labute approximate surface area is 171 Å². The summed E-state index contributed by atoms with van der Waals surface area (Å²) < 4.78 is 9.75. The molecule has 1 aliphatic carbocycles. The fourth-order valence-corrected chi connectivity index (χ4v) is 3.67. The fourth-order valence-electron chi connectivity index (χ4n) is 3.67. The molecule has 1 aliphatic heterocycles. The third-order valence-corrected chi connectivity index (χ3v) is 5.23. The summed E-state index contributed by atoms with van der Waals surface area (Å²) in [6.07, 6.45) is 6.18. The van der Waals surface area contributed by atoms with Crippen molar-refractivity contribution >= 4 is 18.0 Å². The van der Waals surface area contributed by atoms with Crippen LogP contribution in [-0.2, 0) is 9.53 Å². The Morgan fingerprint density at radius 2 is 1.59 bits per heavy atom. The van der Waals surface area contributed by atoms with E-state index in [1.807, 2.05) is 4.90 Å². The predicted octanol–water partition coefficient (Wildman–Crippen LogP) is 3.40. The van der Waals surface area contributed by atoms with Crippen molar-refractivity contribution in [1.29, 1.82) is 0 Å². The second-order valence-corrected chi connectivity index (χ2v) is 7.29. The number of allylic oxidation sites excluding steroid dienone is 1. The normalized spacial score (nSPS) is 16.9. The SMILES string of the molecule is CCOC(=O)Oc1ccc(C(=O)N2CCCN(C(=O)C=C3CCCC3)CC2)cc1. The Balaban J connectivity index is 1.55. The van der Waals surface area contributed by atoms with Gasteiger partial charge >= 0.3 is 6.16 Å². The molecule has 1 saturated heterocycles. The van der Waals surface area contributed by atoms with Crippen molar-refractivity contribution in [2.24, 2.45) is 0 Å². The summed E-state index contributed by atoms with van der Waals surface area (Å²) in [6, 6.07) is 6.42. The predicted molar refractivity (Wildman–Crippen MR) is 108 cm³/mol. The number of ether oxygens (including phenoxy) is 2. The lowest BCUT2D eigenvalue weighted by atomic mass is 10.2. The van der Waals surface area contributed by atoms with E-state index < -0.39 is 6.16 Å². The molecule has 0 atom stereocenters. The van der Waals surface area contributed by atoms with Crippen molar-refractivity contribution in [2.75, 3.05) is 32.8 Å². The molecule has 156 valence electrons. The summed E-state index contributed by atoms with van der Waals surface area (Å²) in [5.74, 6) is 0.306. The lowest BCUT2D eigenvalue weighted by Crippen LogP contribution is -2.36. The van der Waals surface area contributed by atoms with Crippen LogP contribution < -0.4 is 4.74 Å². The maximum Gasteiger partial charge on any atom is 0.513 e. The summed E-state index contributed by atoms with van der Waals surface area (Å²) in [6.45, 7) is 4.26. The first-order valence-corrected chi connectivity index (χ1v) is 10.3. The van der Waals surface area contributed by atoms with E-state index in [-0.39, 0.29) is 18.4 Å². The third kappa shape index (κ3) is 5.82. The molecule has 3 rings (SSSR count). The van der Waals surface area contributed by atoms with E-state index in [0.29, 0.717) is 37.5 Å². The van der Waals surface area contributed by atoms with Gasteiger partial charge in [0.25, 0.3) is 5.91 Å². The molecule has 0 N–H and O–H groups in total.